The monoisotopic (exact) mass is 333 g/mol. The van der Waals surface area contributed by atoms with Gasteiger partial charge in [0.2, 0.25) is 5.54 Å². The predicted molar refractivity (Wildman–Crippen MR) is 75.0 cm³/mol. The summed E-state index contributed by atoms with van der Waals surface area (Å²) in [6.07, 6.45) is -0.926. The predicted octanol–water partition coefficient (Wildman–Crippen LogP) is 2.16. The van der Waals surface area contributed by atoms with Gasteiger partial charge in [0, 0.05) is 6.07 Å². The molecule has 128 valence electrons. The molecule has 3 N–H and O–H groups in total. The fourth-order valence-electron chi connectivity index (χ4n) is 1.75. The van der Waals surface area contributed by atoms with Gasteiger partial charge in [0.15, 0.2) is 11.6 Å². The van der Waals surface area contributed by atoms with E-state index in [9.17, 15) is 27.9 Å². The van der Waals surface area contributed by atoms with Crippen LogP contribution in [0.2, 0.25) is 0 Å². The van der Waals surface area contributed by atoms with Gasteiger partial charge in [-0.05, 0) is 45.2 Å². The molecule has 1 aromatic rings. The number of halogens is 3. The van der Waals surface area contributed by atoms with E-state index in [0.717, 1.165) is 0 Å². The summed E-state index contributed by atoms with van der Waals surface area (Å²) >= 11 is 0. The SMILES string of the molecule is CC(C)(C)OC(=O)C(N)(CCc1cc(F)c(F)cc1F)C(=O)O. The molecular weight excluding hydrogens is 315 g/mol. The highest BCUT2D eigenvalue weighted by molar-refractivity contribution is 6.03. The van der Waals surface area contributed by atoms with E-state index in [1.54, 1.807) is 0 Å². The zero-order chi connectivity index (χ0) is 18.0. The van der Waals surface area contributed by atoms with Gasteiger partial charge in [0.1, 0.15) is 11.4 Å². The Kier molecular flexibility index (Phi) is 5.42. The minimum atomic E-state index is -2.43. The molecule has 0 radical (unpaired) electrons. The summed E-state index contributed by atoms with van der Waals surface area (Å²) in [5.74, 6) is -6.55. The van der Waals surface area contributed by atoms with Crippen LogP contribution in [0.25, 0.3) is 0 Å². The van der Waals surface area contributed by atoms with E-state index >= 15 is 0 Å². The first-order valence-electron chi connectivity index (χ1n) is 6.76. The summed E-state index contributed by atoms with van der Waals surface area (Å²) in [5, 5.41) is 9.19. The van der Waals surface area contributed by atoms with E-state index < -0.39 is 47.0 Å². The molecule has 0 fully saturated rings. The van der Waals surface area contributed by atoms with Crippen molar-refractivity contribution in [1.29, 1.82) is 0 Å². The molecule has 23 heavy (non-hydrogen) atoms. The fraction of sp³-hybridized carbons (Fsp3) is 0.467. The van der Waals surface area contributed by atoms with Gasteiger partial charge in [0.05, 0.1) is 0 Å². The molecule has 0 aromatic heterocycles. The van der Waals surface area contributed by atoms with Crippen molar-refractivity contribution in [1.82, 2.24) is 0 Å². The van der Waals surface area contributed by atoms with Crippen molar-refractivity contribution in [2.24, 2.45) is 5.73 Å². The van der Waals surface area contributed by atoms with Crippen LogP contribution in [0.4, 0.5) is 13.2 Å². The standard InChI is InChI=1S/C15H18F3NO4/c1-14(2,3)23-13(22)15(19,12(20)21)5-4-8-6-10(17)11(18)7-9(8)16/h6-7H,4-5,19H2,1-3H3,(H,20,21). The summed E-state index contributed by atoms with van der Waals surface area (Å²) in [7, 11) is 0. The number of hydrogen-bond acceptors (Lipinski definition) is 4. The number of carbonyl (C=O) groups excluding carboxylic acids is 1. The molecular formula is C15H18F3NO4. The molecule has 0 aliphatic rings. The zero-order valence-electron chi connectivity index (χ0n) is 13.0. The number of carboxylic acid groups (broad SMARTS) is 1. The number of ether oxygens (including phenoxy) is 1. The summed E-state index contributed by atoms with van der Waals surface area (Å²) < 4.78 is 44.5. The highest BCUT2D eigenvalue weighted by Crippen LogP contribution is 2.21. The van der Waals surface area contributed by atoms with Gasteiger partial charge < -0.3 is 15.6 Å². The molecule has 0 amide bonds. The maximum atomic E-state index is 13.6. The summed E-state index contributed by atoms with van der Waals surface area (Å²) in [6.45, 7) is 4.59. The molecule has 0 saturated carbocycles. The van der Waals surface area contributed by atoms with Crippen molar-refractivity contribution < 1.29 is 32.6 Å². The number of benzene rings is 1. The number of carboxylic acids is 1. The number of aliphatic carboxylic acids is 1. The van der Waals surface area contributed by atoms with Gasteiger partial charge in [-0.15, -0.1) is 0 Å². The Morgan fingerprint density at radius 2 is 1.65 bits per heavy atom. The van der Waals surface area contributed by atoms with E-state index in [-0.39, 0.29) is 12.0 Å². The molecule has 0 aliphatic carbocycles. The van der Waals surface area contributed by atoms with Crippen LogP contribution in [-0.4, -0.2) is 28.2 Å². The van der Waals surface area contributed by atoms with Gasteiger partial charge in [-0.2, -0.15) is 0 Å². The molecule has 0 saturated heterocycles. The highest BCUT2D eigenvalue weighted by atomic mass is 19.2. The Morgan fingerprint density at radius 1 is 1.13 bits per heavy atom. The van der Waals surface area contributed by atoms with E-state index in [2.05, 4.69) is 0 Å². The molecule has 8 heteroatoms. The lowest BCUT2D eigenvalue weighted by atomic mass is 9.91. The quantitative estimate of drug-likeness (QED) is 0.490. The van der Waals surface area contributed by atoms with Crippen molar-refractivity contribution >= 4 is 11.9 Å². The highest BCUT2D eigenvalue weighted by Gasteiger charge is 2.45. The maximum Gasteiger partial charge on any atom is 0.338 e. The number of aryl methyl sites for hydroxylation is 1. The van der Waals surface area contributed by atoms with Crippen LogP contribution in [0, 0.1) is 17.5 Å². The first kappa shape index (κ1) is 19.0. The van der Waals surface area contributed by atoms with Crippen molar-refractivity contribution in [2.45, 2.75) is 44.8 Å². The molecule has 0 heterocycles. The topological polar surface area (TPSA) is 89.6 Å². The normalized spacial score (nSPS) is 14.2. The third kappa shape index (κ3) is 4.69. The smallest absolute Gasteiger partial charge is 0.338 e. The largest absolute Gasteiger partial charge is 0.479 e. The lowest BCUT2D eigenvalue weighted by Gasteiger charge is -2.28. The second-order valence-corrected chi connectivity index (χ2v) is 6.14. The van der Waals surface area contributed by atoms with Crippen LogP contribution in [0.5, 0.6) is 0 Å². The molecule has 0 spiro atoms. The van der Waals surface area contributed by atoms with Gasteiger partial charge in [0.25, 0.3) is 0 Å². The fourth-order valence-corrected chi connectivity index (χ4v) is 1.75. The van der Waals surface area contributed by atoms with Gasteiger partial charge in [-0.1, -0.05) is 0 Å². The molecule has 1 aromatic carbocycles. The minimum absolute atomic E-state index is 0.288. The number of carbonyl (C=O) groups is 2. The Labute approximate surface area is 131 Å². The van der Waals surface area contributed by atoms with Crippen LogP contribution < -0.4 is 5.73 Å². The Bertz CT molecular complexity index is 628. The molecule has 1 atom stereocenters. The van der Waals surface area contributed by atoms with Crippen LogP contribution >= 0.6 is 0 Å². The molecule has 5 nitrogen and oxygen atoms in total. The molecule has 0 bridgehead atoms. The maximum absolute atomic E-state index is 13.6. The lowest BCUT2D eigenvalue weighted by Crippen LogP contribution is -2.57. The van der Waals surface area contributed by atoms with E-state index in [4.69, 9.17) is 10.5 Å². The second kappa shape index (κ2) is 6.57. The van der Waals surface area contributed by atoms with Crippen molar-refractivity contribution in [2.75, 3.05) is 0 Å². The van der Waals surface area contributed by atoms with E-state index in [1.807, 2.05) is 0 Å². The van der Waals surface area contributed by atoms with Gasteiger partial charge >= 0.3 is 11.9 Å². The first-order valence-corrected chi connectivity index (χ1v) is 6.76. The lowest BCUT2D eigenvalue weighted by molar-refractivity contribution is -0.169. The third-order valence-electron chi connectivity index (χ3n) is 3.02. The van der Waals surface area contributed by atoms with Crippen LogP contribution in [0.15, 0.2) is 12.1 Å². The Balaban J connectivity index is 2.99. The molecule has 1 unspecified atom stereocenters. The molecule has 0 aliphatic heterocycles. The number of hydrogen-bond donors (Lipinski definition) is 2. The van der Waals surface area contributed by atoms with E-state index in [0.29, 0.717) is 12.1 Å². The van der Waals surface area contributed by atoms with Crippen molar-refractivity contribution in [3.05, 3.63) is 35.1 Å². The number of esters is 1. The van der Waals surface area contributed by atoms with Crippen LogP contribution in [0.3, 0.4) is 0 Å². The summed E-state index contributed by atoms with van der Waals surface area (Å²) in [5.41, 5.74) is 1.91. The Morgan fingerprint density at radius 3 is 2.13 bits per heavy atom. The van der Waals surface area contributed by atoms with Gasteiger partial charge in [-0.25, -0.2) is 22.8 Å². The van der Waals surface area contributed by atoms with Crippen LogP contribution in [0.1, 0.15) is 32.8 Å². The average Bonchev–Trinajstić information content (AvgIpc) is 2.38. The van der Waals surface area contributed by atoms with Crippen molar-refractivity contribution in [3.8, 4) is 0 Å². The third-order valence-corrected chi connectivity index (χ3v) is 3.02. The zero-order valence-corrected chi connectivity index (χ0v) is 13.0. The average molecular weight is 333 g/mol. The second-order valence-electron chi connectivity index (χ2n) is 6.14. The first-order chi connectivity index (χ1) is 10.4. The number of rotatable bonds is 5. The van der Waals surface area contributed by atoms with Crippen LogP contribution in [-0.2, 0) is 20.7 Å². The van der Waals surface area contributed by atoms with Gasteiger partial charge in [-0.3, -0.25) is 0 Å². The minimum Gasteiger partial charge on any atom is -0.479 e. The van der Waals surface area contributed by atoms with Crippen molar-refractivity contribution in [3.63, 3.8) is 0 Å². The molecule has 1 rings (SSSR count). The summed E-state index contributed by atoms with van der Waals surface area (Å²) in [6, 6.07) is 0.944. The number of nitrogens with two attached hydrogens (primary N) is 1. The Hall–Kier alpha value is -2.09. The van der Waals surface area contributed by atoms with E-state index in [1.165, 1.54) is 20.8 Å². The summed E-state index contributed by atoms with van der Waals surface area (Å²) in [4.78, 5) is 23.3.